The molecule has 0 aliphatic rings. The number of nitrogens with two attached hydrogens (primary N) is 1. The van der Waals surface area contributed by atoms with Crippen molar-refractivity contribution in [2.24, 2.45) is 10.7 Å². The number of unbranched alkanes of at least 4 members (excludes halogenated alkanes) is 3. The van der Waals surface area contributed by atoms with E-state index >= 15 is 0 Å². The first-order valence-electron chi connectivity index (χ1n) is 6.79. The van der Waals surface area contributed by atoms with Crippen molar-refractivity contribution in [1.82, 2.24) is 10.3 Å². The van der Waals surface area contributed by atoms with E-state index in [1.54, 1.807) is 11.3 Å². The van der Waals surface area contributed by atoms with Gasteiger partial charge in [0.1, 0.15) is 0 Å². The molecule has 0 amide bonds. The van der Waals surface area contributed by atoms with Crippen LogP contribution in [0.1, 0.15) is 38.3 Å². The Kier molecular flexibility index (Phi) is 10.8. The highest BCUT2D eigenvalue weighted by molar-refractivity contribution is 14.0. The second-order valence-corrected chi connectivity index (χ2v) is 5.54. The van der Waals surface area contributed by atoms with Crippen LogP contribution in [0.2, 0.25) is 0 Å². The van der Waals surface area contributed by atoms with Gasteiger partial charge in [0, 0.05) is 26.0 Å². The van der Waals surface area contributed by atoms with Crippen molar-refractivity contribution in [3.05, 3.63) is 11.1 Å². The summed E-state index contributed by atoms with van der Waals surface area (Å²) in [5.41, 5.74) is 6.77. The van der Waals surface area contributed by atoms with Crippen LogP contribution in [0.25, 0.3) is 0 Å². The standard InChI is InChI=1S/C13H25N5S.HI/c1-4-5-6-7-8-15-12(14)16-9-11-10-19-13(17-11)18(2)3;/h10H,4-9H2,1-3H3,(H3,14,15,16);1H. The topological polar surface area (TPSA) is 66.5 Å². The van der Waals surface area contributed by atoms with Crippen molar-refractivity contribution in [3.63, 3.8) is 0 Å². The minimum Gasteiger partial charge on any atom is -0.370 e. The summed E-state index contributed by atoms with van der Waals surface area (Å²) in [4.78, 5) is 10.7. The van der Waals surface area contributed by atoms with Crippen molar-refractivity contribution in [1.29, 1.82) is 0 Å². The Morgan fingerprint density at radius 1 is 1.40 bits per heavy atom. The van der Waals surface area contributed by atoms with Crippen LogP contribution in [-0.2, 0) is 6.54 Å². The van der Waals surface area contributed by atoms with E-state index in [0.717, 1.165) is 23.8 Å². The van der Waals surface area contributed by atoms with Crippen LogP contribution in [0.3, 0.4) is 0 Å². The molecule has 5 nitrogen and oxygen atoms in total. The van der Waals surface area contributed by atoms with E-state index in [1.807, 2.05) is 24.4 Å². The van der Waals surface area contributed by atoms with Gasteiger partial charge >= 0.3 is 0 Å². The van der Waals surface area contributed by atoms with Gasteiger partial charge in [-0.15, -0.1) is 35.3 Å². The molecule has 1 heterocycles. The van der Waals surface area contributed by atoms with Gasteiger partial charge in [-0.2, -0.15) is 0 Å². The zero-order chi connectivity index (χ0) is 14.1. The third-order valence-corrected chi connectivity index (χ3v) is 3.73. The van der Waals surface area contributed by atoms with Gasteiger partial charge in [-0.25, -0.2) is 9.98 Å². The summed E-state index contributed by atoms with van der Waals surface area (Å²) in [5, 5.41) is 6.15. The molecule has 0 atom stereocenters. The van der Waals surface area contributed by atoms with Crippen molar-refractivity contribution in [2.45, 2.75) is 39.2 Å². The molecule has 1 rings (SSSR count). The van der Waals surface area contributed by atoms with E-state index < -0.39 is 0 Å². The van der Waals surface area contributed by atoms with Gasteiger partial charge in [0.25, 0.3) is 0 Å². The Labute approximate surface area is 143 Å². The summed E-state index contributed by atoms with van der Waals surface area (Å²) in [6, 6.07) is 0. The highest BCUT2D eigenvalue weighted by Gasteiger charge is 2.02. The summed E-state index contributed by atoms with van der Waals surface area (Å²) in [6.45, 7) is 3.65. The molecule has 7 heteroatoms. The number of nitrogens with zero attached hydrogens (tertiary/aromatic N) is 3. The highest BCUT2D eigenvalue weighted by Crippen LogP contribution is 2.18. The molecule has 0 saturated carbocycles. The average Bonchev–Trinajstić information content (AvgIpc) is 2.85. The summed E-state index contributed by atoms with van der Waals surface area (Å²) in [6.07, 6.45) is 4.92. The lowest BCUT2D eigenvalue weighted by Gasteiger charge is -2.05. The maximum atomic E-state index is 5.81. The van der Waals surface area contributed by atoms with E-state index in [4.69, 9.17) is 5.73 Å². The summed E-state index contributed by atoms with van der Waals surface area (Å²) < 4.78 is 0. The number of nitrogens with one attached hydrogen (secondary N) is 1. The van der Waals surface area contributed by atoms with Crippen molar-refractivity contribution >= 4 is 46.4 Å². The number of halogens is 1. The van der Waals surface area contributed by atoms with Gasteiger partial charge in [0.15, 0.2) is 11.1 Å². The fraction of sp³-hybridized carbons (Fsp3) is 0.692. The maximum Gasteiger partial charge on any atom is 0.188 e. The average molecular weight is 411 g/mol. The first-order chi connectivity index (χ1) is 9.13. The predicted molar refractivity (Wildman–Crippen MR) is 99.3 cm³/mol. The lowest BCUT2D eigenvalue weighted by Crippen LogP contribution is -2.32. The van der Waals surface area contributed by atoms with Crippen LogP contribution in [0.5, 0.6) is 0 Å². The molecule has 0 aliphatic carbocycles. The van der Waals surface area contributed by atoms with Gasteiger partial charge in [0.05, 0.1) is 12.2 Å². The zero-order valence-electron chi connectivity index (χ0n) is 12.6. The number of hydrogen-bond donors (Lipinski definition) is 2. The second-order valence-electron chi connectivity index (χ2n) is 4.70. The number of guanidine groups is 1. The van der Waals surface area contributed by atoms with Crippen molar-refractivity contribution in [2.75, 3.05) is 25.5 Å². The fourth-order valence-electron chi connectivity index (χ4n) is 1.56. The smallest absolute Gasteiger partial charge is 0.188 e. The predicted octanol–water partition coefficient (Wildman–Crippen LogP) is 2.81. The zero-order valence-corrected chi connectivity index (χ0v) is 15.7. The van der Waals surface area contributed by atoms with Crippen molar-refractivity contribution in [3.8, 4) is 0 Å². The number of hydrogen-bond acceptors (Lipinski definition) is 4. The molecular weight excluding hydrogens is 385 g/mol. The van der Waals surface area contributed by atoms with Crippen LogP contribution in [-0.4, -0.2) is 31.6 Å². The van der Waals surface area contributed by atoms with Gasteiger partial charge in [0.2, 0.25) is 0 Å². The molecule has 116 valence electrons. The largest absolute Gasteiger partial charge is 0.370 e. The van der Waals surface area contributed by atoms with Crippen LogP contribution in [0, 0.1) is 0 Å². The third-order valence-electron chi connectivity index (χ3n) is 2.67. The maximum absolute atomic E-state index is 5.81. The normalized spacial score (nSPS) is 11.1. The lowest BCUT2D eigenvalue weighted by molar-refractivity contribution is 0.652. The molecule has 3 N–H and O–H groups in total. The molecule has 0 aliphatic heterocycles. The summed E-state index contributed by atoms with van der Waals surface area (Å²) in [5.74, 6) is 0.510. The molecular formula is C13H26IN5S. The van der Waals surface area contributed by atoms with E-state index in [-0.39, 0.29) is 24.0 Å². The van der Waals surface area contributed by atoms with Crippen LogP contribution in [0.4, 0.5) is 5.13 Å². The molecule has 1 aromatic rings. The molecule has 0 spiro atoms. The Balaban J connectivity index is 0.00000361. The molecule has 1 aromatic heterocycles. The third kappa shape index (κ3) is 7.88. The van der Waals surface area contributed by atoms with E-state index in [1.165, 1.54) is 19.3 Å². The number of thiazole rings is 1. The SMILES string of the molecule is CCCCCCNC(N)=NCc1csc(N(C)C)n1.I. The quantitative estimate of drug-likeness (QED) is 0.299. The molecule has 0 fully saturated rings. The Morgan fingerprint density at radius 3 is 2.75 bits per heavy atom. The molecule has 0 bridgehead atoms. The number of anilines is 1. The van der Waals surface area contributed by atoms with Gasteiger partial charge in [-0.3, -0.25) is 0 Å². The second kappa shape index (κ2) is 11.1. The minimum absolute atomic E-state index is 0. The van der Waals surface area contributed by atoms with Crippen molar-refractivity contribution < 1.29 is 0 Å². The Morgan fingerprint density at radius 2 is 2.15 bits per heavy atom. The van der Waals surface area contributed by atoms with E-state index in [2.05, 4.69) is 22.2 Å². The highest BCUT2D eigenvalue weighted by atomic mass is 127. The first-order valence-corrected chi connectivity index (χ1v) is 7.67. The number of rotatable bonds is 8. The Bertz CT molecular complexity index is 392. The Hall–Kier alpha value is -0.570. The van der Waals surface area contributed by atoms with Gasteiger partial charge in [-0.05, 0) is 6.42 Å². The molecule has 20 heavy (non-hydrogen) atoms. The van der Waals surface area contributed by atoms with Crippen LogP contribution >= 0.6 is 35.3 Å². The molecule has 0 unspecified atom stereocenters. The minimum atomic E-state index is 0. The van der Waals surface area contributed by atoms with E-state index in [9.17, 15) is 0 Å². The molecule has 0 saturated heterocycles. The fourth-order valence-corrected chi connectivity index (χ4v) is 2.31. The monoisotopic (exact) mass is 411 g/mol. The van der Waals surface area contributed by atoms with Crippen LogP contribution in [0.15, 0.2) is 10.4 Å². The van der Waals surface area contributed by atoms with E-state index in [0.29, 0.717) is 12.5 Å². The summed E-state index contributed by atoms with van der Waals surface area (Å²) >= 11 is 1.62. The lowest BCUT2D eigenvalue weighted by atomic mass is 10.2. The van der Waals surface area contributed by atoms with Crippen LogP contribution < -0.4 is 16.0 Å². The van der Waals surface area contributed by atoms with Gasteiger partial charge < -0.3 is 16.0 Å². The summed E-state index contributed by atoms with van der Waals surface area (Å²) in [7, 11) is 3.97. The molecule has 0 aromatic carbocycles. The molecule has 0 radical (unpaired) electrons. The van der Waals surface area contributed by atoms with Gasteiger partial charge in [-0.1, -0.05) is 26.2 Å². The number of aliphatic imine (C=N–C) groups is 1. The first kappa shape index (κ1) is 19.4. The number of aromatic nitrogens is 1.